The van der Waals surface area contributed by atoms with Crippen molar-refractivity contribution >= 4 is 47.9 Å². The second-order valence-corrected chi connectivity index (χ2v) is 9.14. The number of benzene rings is 2. The molecule has 0 heterocycles. The van der Waals surface area contributed by atoms with Crippen LogP contribution in [0.25, 0.3) is 6.08 Å². The van der Waals surface area contributed by atoms with Gasteiger partial charge in [-0.25, -0.2) is 4.79 Å². The van der Waals surface area contributed by atoms with Gasteiger partial charge in [-0.3, -0.25) is 4.57 Å². The molecule has 150 valence electrons. The van der Waals surface area contributed by atoms with E-state index in [-0.39, 0.29) is 22.2 Å². The molecule has 2 aromatic carbocycles. The Morgan fingerprint density at radius 3 is 2.29 bits per heavy atom. The Hall–Kier alpha value is -1.78. The maximum Gasteiger partial charge on any atom is 0.340 e. The standard InChI is InChI=1S/C20H21Cl2O5P/c1-5-27-28(24,18-9-7-6-8-17(18)25-3)13(2)10-14-11-15(21)19(16(22)12-14)20(23)26-4/h6-12H,5H2,1-4H3/b13-10+. The van der Waals surface area contributed by atoms with Gasteiger partial charge in [-0.2, -0.15) is 0 Å². The molecular formula is C20H21Cl2O5P. The SMILES string of the molecule is CCOP(=O)(/C(C)=C/c1cc(Cl)c(C(=O)OC)c(Cl)c1)c1ccccc1OC. The second-order valence-electron chi connectivity index (χ2n) is 5.78. The Morgan fingerprint density at radius 1 is 1.14 bits per heavy atom. The summed E-state index contributed by atoms with van der Waals surface area (Å²) >= 11 is 12.4. The molecule has 28 heavy (non-hydrogen) atoms. The molecule has 5 nitrogen and oxygen atoms in total. The van der Waals surface area contributed by atoms with E-state index in [1.807, 2.05) is 0 Å². The van der Waals surface area contributed by atoms with Crippen LogP contribution in [0.2, 0.25) is 10.0 Å². The number of ether oxygens (including phenoxy) is 2. The van der Waals surface area contributed by atoms with Crippen molar-refractivity contribution in [1.29, 1.82) is 0 Å². The smallest absolute Gasteiger partial charge is 0.340 e. The third-order valence-electron chi connectivity index (χ3n) is 4.01. The molecule has 0 amide bonds. The minimum Gasteiger partial charge on any atom is -0.496 e. The van der Waals surface area contributed by atoms with E-state index in [1.54, 1.807) is 56.3 Å². The first kappa shape index (κ1) is 22.5. The van der Waals surface area contributed by atoms with Crippen molar-refractivity contribution in [3.05, 3.63) is 62.9 Å². The highest BCUT2D eigenvalue weighted by Gasteiger charge is 2.31. The lowest BCUT2D eigenvalue weighted by molar-refractivity contribution is 0.0601. The first-order valence-corrected chi connectivity index (χ1v) is 10.8. The topological polar surface area (TPSA) is 61.8 Å². The summed E-state index contributed by atoms with van der Waals surface area (Å²) in [6.07, 6.45) is 1.67. The Balaban J connectivity index is 2.57. The van der Waals surface area contributed by atoms with Gasteiger partial charge in [0.25, 0.3) is 7.37 Å². The molecule has 2 rings (SSSR count). The average Bonchev–Trinajstić information content (AvgIpc) is 2.67. The van der Waals surface area contributed by atoms with Gasteiger partial charge in [-0.1, -0.05) is 35.3 Å². The minimum atomic E-state index is -3.39. The van der Waals surface area contributed by atoms with Crippen LogP contribution >= 0.6 is 30.6 Å². The summed E-state index contributed by atoms with van der Waals surface area (Å²) in [5, 5.41) is 1.23. The van der Waals surface area contributed by atoms with Gasteiger partial charge in [0.05, 0.1) is 41.7 Å². The van der Waals surface area contributed by atoms with E-state index in [4.69, 9.17) is 32.5 Å². The summed E-state index contributed by atoms with van der Waals surface area (Å²) in [5.74, 6) is -0.152. The largest absolute Gasteiger partial charge is 0.496 e. The molecule has 0 fully saturated rings. The number of rotatable bonds is 7. The number of halogens is 2. The van der Waals surface area contributed by atoms with Crippen molar-refractivity contribution < 1.29 is 23.4 Å². The van der Waals surface area contributed by atoms with Crippen LogP contribution in [0.1, 0.15) is 29.8 Å². The maximum absolute atomic E-state index is 13.8. The van der Waals surface area contributed by atoms with Gasteiger partial charge in [-0.15, -0.1) is 0 Å². The number of methoxy groups -OCH3 is 2. The first-order chi connectivity index (χ1) is 13.3. The number of allylic oxidation sites excluding steroid dienone is 1. The van der Waals surface area contributed by atoms with E-state index in [2.05, 4.69) is 4.74 Å². The van der Waals surface area contributed by atoms with Crippen LogP contribution in [0.4, 0.5) is 0 Å². The quantitative estimate of drug-likeness (QED) is 0.401. The third-order valence-corrected chi connectivity index (χ3v) is 7.29. The fraction of sp³-hybridized carbons (Fsp3) is 0.250. The van der Waals surface area contributed by atoms with Gasteiger partial charge < -0.3 is 14.0 Å². The van der Waals surface area contributed by atoms with Crippen molar-refractivity contribution in [1.82, 2.24) is 0 Å². The molecule has 0 saturated heterocycles. The van der Waals surface area contributed by atoms with E-state index < -0.39 is 13.3 Å². The summed E-state index contributed by atoms with van der Waals surface area (Å²) in [4.78, 5) is 11.8. The maximum atomic E-state index is 13.8. The van der Waals surface area contributed by atoms with Crippen LogP contribution in [-0.4, -0.2) is 26.8 Å². The Morgan fingerprint density at radius 2 is 1.75 bits per heavy atom. The zero-order valence-electron chi connectivity index (χ0n) is 16.0. The highest BCUT2D eigenvalue weighted by molar-refractivity contribution is 7.71. The number of carbonyl (C=O) groups is 1. The molecule has 0 aliphatic heterocycles. The lowest BCUT2D eigenvalue weighted by Crippen LogP contribution is -2.11. The van der Waals surface area contributed by atoms with Gasteiger partial charge in [0.15, 0.2) is 0 Å². The molecule has 8 heteroatoms. The van der Waals surface area contributed by atoms with Crippen LogP contribution < -0.4 is 10.0 Å². The fourth-order valence-corrected chi connectivity index (χ4v) is 5.52. The number of carbonyl (C=O) groups excluding carboxylic acids is 1. The normalized spacial score (nSPS) is 13.7. The highest BCUT2D eigenvalue weighted by Crippen LogP contribution is 2.56. The zero-order valence-corrected chi connectivity index (χ0v) is 18.4. The second kappa shape index (κ2) is 9.62. The zero-order chi connectivity index (χ0) is 20.9. The molecular weight excluding hydrogens is 422 g/mol. The molecule has 1 atom stereocenters. The molecule has 0 aromatic heterocycles. The first-order valence-electron chi connectivity index (χ1n) is 8.42. The number of para-hydroxylation sites is 1. The molecule has 0 N–H and O–H groups in total. The van der Waals surface area contributed by atoms with Crippen LogP contribution in [0, 0.1) is 0 Å². The summed E-state index contributed by atoms with van der Waals surface area (Å²) in [7, 11) is -0.629. The van der Waals surface area contributed by atoms with Crippen molar-refractivity contribution in [3.63, 3.8) is 0 Å². The molecule has 0 spiro atoms. The van der Waals surface area contributed by atoms with Crippen LogP contribution in [0.5, 0.6) is 5.75 Å². The average molecular weight is 443 g/mol. The van der Waals surface area contributed by atoms with Crippen molar-refractivity contribution in [2.75, 3.05) is 20.8 Å². The molecule has 0 bridgehead atoms. The Labute approximate surface area is 174 Å². The van der Waals surface area contributed by atoms with Crippen molar-refractivity contribution in [2.24, 2.45) is 0 Å². The minimum absolute atomic E-state index is 0.0818. The molecule has 0 aliphatic rings. The van der Waals surface area contributed by atoms with E-state index in [0.29, 0.717) is 21.9 Å². The fourth-order valence-electron chi connectivity index (χ4n) is 2.72. The lowest BCUT2D eigenvalue weighted by Gasteiger charge is -2.21. The van der Waals surface area contributed by atoms with Gasteiger partial charge in [0.2, 0.25) is 0 Å². The monoisotopic (exact) mass is 442 g/mol. The van der Waals surface area contributed by atoms with Crippen molar-refractivity contribution in [3.8, 4) is 5.75 Å². The van der Waals surface area contributed by atoms with Gasteiger partial charge in [0, 0.05) is 5.31 Å². The third kappa shape index (κ3) is 4.61. The summed E-state index contributed by atoms with van der Waals surface area (Å²) in [6, 6.07) is 10.1. The van der Waals surface area contributed by atoms with Gasteiger partial charge >= 0.3 is 5.97 Å². The molecule has 2 aromatic rings. The molecule has 0 aliphatic carbocycles. The van der Waals surface area contributed by atoms with E-state index in [1.165, 1.54) is 14.2 Å². The lowest BCUT2D eigenvalue weighted by atomic mass is 10.1. The highest BCUT2D eigenvalue weighted by atomic mass is 35.5. The van der Waals surface area contributed by atoms with Crippen LogP contribution in [-0.2, 0) is 13.8 Å². The van der Waals surface area contributed by atoms with E-state index in [9.17, 15) is 9.36 Å². The predicted molar refractivity (Wildman–Crippen MR) is 113 cm³/mol. The summed E-state index contributed by atoms with van der Waals surface area (Å²) in [5.41, 5.74) is 0.660. The number of hydrogen-bond acceptors (Lipinski definition) is 5. The van der Waals surface area contributed by atoms with Gasteiger partial charge in [0.1, 0.15) is 5.75 Å². The summed E-state index contributed by atoms with van der Waals surface area (Å²) < 4.78 is 29.5. The van der Waals surface area contributed by atoms with Crippen LogP contribution in [0.15, 0.2) is 41.7 Å². The molecule has 0 saturated carbocycles. The molecule has 0 radical (unpaired) electrons. The Kier molecular flexibility index (Phi) is 7.73. The number of hydrogen-bond donors (Lipinski definition) is 0. The van der Waals surface area contributed by atoms with E-state index in [0.717, 1.165) is 0 Å². The van der Waals surface area contributed by atoms with Crippen LogP contribution in [0.3, 0.4) is 0 Å². The van der Waals surface area contributed by atoms with Gasteiger partial charge in [-0.05, 0) is 49.8 Å². The predicted octanol–water partition coefficient (Wildman–Crippen LogP) is 5.79. The number of esters is 1. The summed E-state index contributed by atoms with van der Waals surface area (Å²) in [6.45, 7) is 3.73. The Bertz CT molecular complexity index is 932. The molecule has 1 unspecified atom stereocenters. The van der Waals surface area contributed by atoms with E-state index >= 15 is 0 Å². The van der Waals surface area contributed by atoms with Crippen molar-refractivity contribution in [2.45, 2.75) is 13.8 Å².